The van der Waals surface area contributed by atoms with Crippen LogP contribution in [-0.4, -0.2) is 38.3 Å². The summed E-state index contributed by atoms with van der Waals surface area (Å²) in [5.41, 5.74) is 8.74. The number of pyridine rings is 1. The number of likely N-dealkylation sites (N-methyl/N-ethyl adjacent to an activating group) is 1. The fraction of sp³-hybridized carbons (Fsp3) is 0.200. The molecule has 0 bridgehead atoms. The van der Waals surface area contributed by atoms with Gasteiger partial charge in [-0.05, 0) is 36.8 Å². The van der Waals surface area contributed by atoms with Crippen molar-refractivity contribution < 1.29 is 17.6 Å². The van der Waals surface area contributed by atoms with Gasteiger partial charge in [-0.25, -0.2) is 9.71 Å². The molecule has 30 heavy (non-hydrogen) atoms. The molecule has 2 heterocycles. The predicted octanol–water partition coefficient (Wildman–Crippen LogP) is 2.27. The normalized spacial score (nSPS) is 11.8. The van der Waals surface area contributed by atoms with Crippen molar-refractivity contribution in [1.29, 1.82) is 0 Å². The maximum absolute atomic E-state index is 12.5. The number of nitrogens with zero attached hydrogens (tertiary/aromatic N) is 2. The molecule has 0 aliphatic rings. The lowest BCUT2D eigenvalue weighted by atomic mass is 10.1. The molecule has 3 rings (SSSR count). The van der Waals surface area contributed by atoms with Gasteiger partial charge >= 0.3 is 0 Å². The number of furan rings is 1. The summed E-state index contributed by atoms with van der Waals surface area (Å²) >= 11 is 0. The number of para-hydroxylation sites is 1. The molecule has 0 saturated heterocycles. The number of nitrogens with one attached hydrogen (secondary N) is 2. The van der Waals surface area contributed by atoms with Crippen LogP contribution in [0.4, 0.5) is 11.5 Å². The molecule has 0 fully saturated rings. The number of hydrogen-bond acceptors (Lipinski definition) is 6. The molecule has 0 saturated carbocycles. The summed E-state index contributed by atoms with van der Waals surface area (Å²) in [5, 5.41) is 0.932. The molecule has 2 aromatic heterocycles. The number of fused-ring (bicyclic) bond motifs is 1. The molecule has 1 aromatic carbocycles. The molecule has 0 aliphatic carbocycles. The Balaban J connectivity index is 1.66. The molecule has 3 aromatic rings. The van der Waals surface area contributed by atoms with Crippen LogP contribution in [0.15, 0.2) is 47.0 Å². The minimum absolute atomic E-state index is 0.171. The third-order valence-corrected chi connectivity index (χ3v) is 5.58. The third-order valence-electron chi connectivity index (χ3n) is 4.56. The van der Waals surface area contributed by atoms with Crippen molar-refractivity contribution in [3.63, 3.8) is 0 Å². The summed E-state index contributed by atoms with van der Waals surface area (Å²) in [4.78, 5) is 18.0. The first-order chi connectivity index (χ1) is 14.2. The zero-order chi connectivity index (χ0) is 21.9. The number of aryl methyl sites for hydroxylation is 1. The van der Waals surface area contributed by atoms with Gasteiger partial charge in [0.05, 0.1) is 12.2 Å². The standard InChI is InChI=1S/C20H23N5O4S/c1-13-15-5-4-6-16(21)20(15)29-17(13)12-25(3)19(26)10-8-14-7-9-18(23-11-14)24-30(27,28)22-2/h4-11,22H,12,21H2,1-3H3,(H,23,24)/b10-8+. The molecule has 0 radical (unpaired) electrons. The highest BCUT2D eigenvalue weighted by Gasteiger charge is 2.15. The number of carbonyl (C=O) groups is 1. The lowest BCUT2D eigenvalue weighted by Gasteiger charge is -2.13. The zero-order valence-corrected chi connectivity index (χ0v) is 17.7. The zero-order valence-electron chi connectivity index (χ0n) is 16.8. The topological polar surface area (TPSA) is 131 Å². The van der Waals surface area contributed by atoms with Crippen LogP contribution in [-0.2, 0) is 21.5 Å². The molecular weight excluding hydrogens is 406 g/mol. The van der Waals surface area contributed by atoms with E-state index in [0.29, 0.717) is 29.1 Å². The third kappa shape index (κ3) is 4.78. The van der Waals surface area contributed by atoms with E-state index in [1.807, 2.05) is 19.1 Å². The highest BCUT2D eigenvalue weighted by molar-refractivity contribution is 7.90. The summed E-state index contributed by atoms with van der Waals surface area (Å²) in [7, 11) is -0.654. The molecule has 0 atom stereocenters. The van der Waals surface area contributed by atoms with Gasteiger partial charge in [0.2, 0.25) is 5.91 Å². The van der Waals surface area contributed by atoms with Crippen molar-refractivity contribution in [2.75, 3.05) is 24.6 Å². The minimum atomic E-state index is -3.63. The van der Waals surface area contributed by atoms with Crippen LogP contribution >= 0.6 is 0 Å². The number of anilines is 2. The van der Waals surface area contributed by atoms with Crippen LogP contribution in [0.1, 0.15) is 16.9 Å². The molecule has 9 nitrogen and oxygen atoms in total. The number of benzene rings is 1. The first kappa shape index (κ1) is 21.3. The highest BCUT2D eigenvalue weighted by atomic mass is 32.2. The van der Waals surface area contributed by atoms with Crippen LogP contribution in [0.25, 0.3) is 17.0 Å². The van der Waals surface area contributed by atoms with Crippen molar-refractivity contribution in [3.8, 4) is 0 Å². The number of aromatic nitrogens is 1. The van der Waals surface area contributed by atoms with Gasteiger partial charge in [-0.15, -0.1) is 0 Å². The minimum Gasteiger partial charge on any atom is -0.457 e. The molecule has 1 amide bonds. The Morgan fingerprint density at radius 2 is 2.07 bits per heavy atom. The largest absolute Gasteiger partial charge is 0.457 e. The van der Waals surface area contributed by atoms with Gasteiger partial charge in [0.15, 0.2) is 5.58 Å². The highest BCUT2D eigenvalue weighted by Crippen LogP contribution is 2.29. The Kier molecular flexibility index (Phi) is 6.09. The summed E-state index contributed by atoms with van der Waals surface area (Å²) in [6.07, 6.45) is 4.48. The van der Waals surface area contributed by atoms with Gasteiger partial charge < -0.3 is 15.1 Å². The van der Waals surface area contributed by atoms with E-state index in [2.05, 4.69) is 14.4 Å². The van der Waals surface area contributed by atoms with E-state index in [1.54, 1.807) is 25.3 Å². The lowest BCUT2D eigenvalue weighted by Crippen LogP contribution is -2.26. The molecular formula is C20H23N5O4S. The van der Waals surface area contributed by atoms with E-state index in [-0.39, 0.29) is 11.7 Å². The van der Waals surface area contributed by atoms with Crippen LogP contribution in [0, 0.1) is 6.92 Å². The SMILES string of the molecule is CNS(=O)(=O)Nc1ccc(/C=C/C(=O)N(C)Cc2oc3c(N)cccc3c2C)cn1. The quantitative estimate of drug-likeness (QED) is 0.390. The van der Waals surface area contributed by atoms with E-state index in [9.17, 15) is 13.2 Å². The van der Waals surface area contributed by atoms with E-state index >= 15 is 0 Å². The second kappa shape index (κ2) is 8.56. The first-order valence-corrected chi connectivity index (χ1v) is 10.6. The Morgan fingerprint density at radius 1 is 1.30 bits per heavy atom. The fourth-order valence-electron chi connectivity index (χ4n) is 2.81. The van der Waals surface area contributed by atoms with E-state index in [4.69, 9.17) is 10.2 Å². The fourth-order valence-corrected chi connectivity index (χ4v) is 3.30. The van der Waals surface area contributed by atoms with Gasteiger partial charge in [-0.3, -0.25) is 9.52 Å². The molecule has 4 N–H and O–H groups in total. The lowest BCUT2D eigenvalue weighted by molar-refractivity contribution is -0.125. The second-order valence-electron chi connectivity index (χ2n) is 6.69. The number of hydrogen-bond donors (Lipinski definition) is 3. The maximum atomic E-state index is 12.5. The molecule has 0 unspecified atom stereocenters. The van der Waals surface area contributed by atoms with Crippen LogP contribution in [0.2, 0.25) is 0 Å². The molecule has 10 heteroatoms. The number of amides is 1. The summed E-state index contributed by atoms with van der Waals surface area (Å²) in [5.74, 6) is 0.627. The van der Waals surface area contributed by atoms with Crippen molar-refractivity contribution >= 4 is 44.7 Å². The molecule has 158 valence electrons. The molecule has 0 aliphatic heterocycles. The van der Waals surface area contributed by atoms with E-state index in [1.165, 1.54) is 30.3 Å². The van der Waals surface area contributed by atoms with E-state index < -0.39 is 10.2 Å². The van der Waals surface area contributed by atoms with Crippen LogP contribution < -0.4 is 15.2 Å². The monoisotopic (exact) mass is 429 g/mol. The number of nitrogen functional groups attached to an aromatic ring is 1. The summed E-state index contributed by atoms with van der Waals surface area (Å²) in [6, 6.07) is 8.73. The van der Waals surface area contributed by atoms with Crippen molar-refractivity contribution in [2.24, 2.45) is 0 Å². The van der Waals surface area contributed by atoms with Gasteiger partial charge in [-0.1, -0.05) is 12.1 Å². The Morgan fingerprint density at radius 3 is 2.70 bits per heavy atom. The Hall–Kier alpha value is -3.37. The number of rotatable bonds is 7. The van der Waals surface area contributed by atoms with Crippen LogP contribution in [0.3, 0.4) is 0 Å². The van der Waals surface area contributed by atoms with E-state index in [0.717, 1.165) is 10.9 Å². The summed E-state index contributed by atoms with van der Waals surface area (Å²) in [6.45, 7) is 2.23. The first-order valence-electron chi connectivity index (χ1n) is 9.07. The second-order valence-corrected chi connectivity index (χ2v) is 8.31. The van der Waals surface area contributed by atoms with Gasteiger partial charge in [0, 0.05) is 37.3 Å². The average Bonchev–Trinajstić information content (AvgIpc) is 3.04. The van der Waals surface area contributed by atoms with Crippen LogP contribution in [0.5, 0.6) is 0 Å². The van der Waals surface area contributed by atoms with Crippen molar-refractivity contribution in [1.82, 2.24) is 14.6 Å². The van der Waals surface area contributed by atoms with Crippen molar-refractivity contribution in [3.05, 3.63) is 59.5 Å². The van der Waals surface area contributed by atoms with Gasteiger partial charge in [0.1, 0.15) is 11.6 Å². The Labute approximate surface area is 174 Å². The average molecular weight is 430 g/mol. The van der Waals surface area contributed by atoms with Crippen molar-refractivity contribution in [2.45, 2.75) is 13.5 Å². The van der Waals surface area contributed by atoms with Gasteiger partial charge in [0.25, 0.3) is 10.2 Å². The Bertz CT molecular complexity index is 1200. The number of carbonyl (C=O) groups excluding carboxylic acids is 1. The maximum Gasteiger partial charge on any atom is 0.300 e. The number of nitrogens with two attached hydrogens (primary N) is 1. The van der Waals surface area contributed by atoms with Gasteiger partial charge in [-0.2, -0.15) is 8.42 Å². The predicted molar refractivity (Wildman–Crippen MR) is 117 cm³/mol. The summed E-state index contributed by atoms with van der Waals surface area (Å²) < 4.78 is 33.2. The molecule has 0 spiro atoms. The smallest absolute Gasteiger partial charge is 0.300 e.